The number of hydrogen-bond donors (Lipinski definition) is 0. The first-order chi connectivity index (χ1) is 23.8. The zero-order chi connectivity index (χ0) is 31.6. The molecule has 0 bridgehead atoms. The van der Waals surface area contributed by atoms with Gasteiger partial charge >= 0.3 is 0 Å². The molecule has 3 aromatic heterocycles. The van der Waals surface area contributed by atoms with Gasteiger partial charge in [0.2, 0.25) is 0 Å². The number of rotatable bonds is 4. The normalized spacial score (nSPS) is 11.8. The largest absolute Gasteiger partial charge is 0.308 e. The Kier molecular flexibility index (Phi) is 6.01. The van der Waals surface area contributed by atoms with E-state index in [0.717, 1.165) is 27.9 Å². The molecule has 10 aromatic rings. The highest BCUT2D eigenvalue weighted by atomic mass is 32.1. The molecule has 0 aliphatic rings. The van der Waals surface area contributed by atoms with Crippen molar-refractivity contribution in [2.45, 2.75) is 0 Å². The topological polar surface area (TPSA) is 43.6 Å². The lowest BCUT2D eigenvalue weighted by Crippen LogP contribution is -2.03. The Labute approximate surface area is 280 Å². The van der Waals surface area contributed by atoms with Gasteiger partial charge in [0.1, 0.15) is 0 Å². The minimum absolute atomic E-state index is 0.636. The predicted molar refractivity (Wildman–Crippen MR) is 201 cm³/mol. The molecule has 0 fully saturated rings. The van der Waals surface area contributed by atoms with Crippen LogP contribution in [0.3, 0.4) is 0 Å². The summed E-state index contributed by atoms with van der Waals surface area (Å²) in [5.74, 6) is 1.95. The van der Waals surface area contributed by atoms with Crippen molar-refractivity contribution in [2.75, 3.05) is 0 Å². The number of thiophene rings is 1. The third kappa shape index (κ3) is 4.11. The molecule has 0 aliphatic heterocycles. The van der Waals surface area contributed by atoms with Crippen LogP contribution in [0.5, 0.6) is 0 Å². The van der Waals surface area contributed by atoms with E-state index < -0.39 is 0 Å². The maximum atomic E-state index is 5.30. The van der Waals surface area contributed by atoms with Crippen molar-refractivity contribution in [3.05, 3.63) is 158 Å². The highest BCUT2D eigenvalue weighted by Crippen LogP contribution is 2.41. The van der Waals surface area contributed by atoms with E-state index in [1.54, 1.807) is 11.3 Å². The summed E-state index contributed by atoms with van der Waals surface area (Å²) < 4.78 is 4.86. The van der Waals surface area contributed by atoms with Gasteiger partial charge in [-0.25, -0.2) is 15.0 Å². The van der Waals surface area contributed by atoms with Crippen molar-refractivity contribution in [3.8, 4) is 39.9 Å². The van der Waals surface area contributed by atoms with Gasteiger partial charge in [-0.1, -0.05) is 127 Å². The number of benzene rings is 7. The molecule has 10 rings (SSSR count). The molecule has 0 amide bonds. The SMILES string of the molecule is c1ccc(-c2nc(-c3ccccc3-n3c4ccccc4c4ccc5ccccc5c43)nc(-c3cccc4sc5ccccc5c34)n2)cc1. The Hall–Kier alpha value is -6.17. The second kappa shape index (κ2) is 10.7. The van der Waals surface area contributed by atoms with Crippen LogP contribution in [0.1, 0.15) is 0 Å². The Morgan fingerprint density at radius 2 is 1.06 bits per heavy atom. The van der Waals surface area contributed by atoms with Gasteiger partial charge < -0.3 is 4.57 Å². The van der Waals surface area contributed by atoms with E-state index in [4.69, 9.17) is 15.0 Å². The number of para-hydroxylation sites is 2. The van der Waals surface area contributed by atoms with E-state index in [1.807, 2.05) is 18.2 Å². The van der Waals surface area contributed by atoms with Gasteiger partial charge in [-0.2, -0.15) is 0 Å². The molecule has 224 valence electrons. The summed E-state index contributed by atoms with van der Waals surface area (Å²) in [5, 5.41) is 7.24. The summed E-state index contributed by atoms with van der Waals surface area (Å²) in [4.78, 5) is 15.6. The van der Waals surface area contributed by atoms with Crippen molar-refractivity contribution < 1.29 is 0 Å². The summed E-state index contributed by atoms with van der Waals surface area (Å²) in [7, 11) is 0. The van der Waals surface area contributed by atoms with Crippen LogP contribution >= 0.6 is 11.3 Å². The fourth-order valence-corrected chi connectivity index (χ4v) is 8.26. The van der Waals surface area contributed by atoms with Gasteiger partial charge in [0.25, 0.3) is 0 Å². The summed E-state index contributed by atoms with van der Waals surface area (Å²) in [6, 6.07) is 55.5. The number of hydrogen-bond acceptors (Lipinski definition) is 4. The summed E-state index contributed by atoms with van der Waals surface area (Å²) in [6.45, 7) is 0. The Morgan fingerprint density at radius 1 is 0.417 bits per heavy atom. The second-order valence-electron chi connectivity index (χ2n) is 12.0. The van der Waals surface area contributed by atoms with E-state index in [2.05, 4.69) is 144 Å². The molecule has 0 atom stereocenters. The first-order valence-electron chi connectivity index (χ1n) is 16.0. The Morgan fingerprint density at radius 3 is 1.96 bits per heavy atom. The van der Waals surface area contributed by atoms with E-state index in [9.17, 15) is 0 Å². The monoisotopic (exact) mass is 630 g/mol. The minimum atomic E-state index is 0.636. The lowest BCUT2D eigenvalue weighted by Gasteiger charge is -2.15. The first kappa shape index (κ1) is 27.0. The minimum Gasteiger partial charge on any atom is -0.308 e. The fourth-order valence-electron chi connectivity index (χ4n) is 7.13. The molecular formula is C43H26N4S. The van der Waals surface area contributed by atoms with Crippen LogP contribution in [0.4, 0.5) is 0 Å². The van der Waals surface area contributed by atoms with Gasteiger partial charge in [-0.15, -0.1) is 11.3 Å². The number of aromatic nitrogens is 4. The molecule has 0 radical (unpaired) electrons. The molecule has 0 spiro atoms. The van der Waals surface area contributed by atoms with Crippen LogP contribution in [0, 0.1) is 0 Å². The molecule has 0 saturated carbocycles. The standard InChI is InChI=1S/C43H26N4S/c1-2-14-28(15-3-1)41-44-42(46-43(45-41)34-20-12-24-38-39(34)33-19-8-11-23-37(33)48-38)32-18-7-10-22-36(32)47-35-21-9-6-17-30(35)31-26-25-27-13-4-5-16-29(27)40(31)47/h1-26H. The third-order valence-corrected chi connectivity index (χ3v) is 10.4. The molecule has 0 N–H and O–H groups in total. The lowest BCUT2D eigenvalue weighted by molar-refractivity contribution is 1.07. The zero-order valence-electron chi connectivity index (χ0n) is 25.7. The van der Waals surface area contributed by atoms with Crippen molar-refractivity contribution in [1.29, 1.82) is 0 Å². The Bertz CT molecular complexity index is 2850. The van der Waals surface area contributed by atoms with Crippen LogP contribution in [-0.4, -0.2) is 19.5 Å². The number of fused-ring (bicyclic) bond motifs is 8. The van der Waals surface area contributed by atoms with Crippen LogP contribution < -0.4 is 0 Å². The van der Waals surface area contributed by atoms with Gasteiger partial charge in [0.05, 0.1) is 16.7 Å². The van der Waals surface area contributed by atoms with Crippen molar-refractivity contribution in [2.24, 2.45) is 0 Å². The molecular weight excluding hydrogens is 605 g/mol. The van der Waals surface area contributed by atoms with Crippen molar-refractivity contribution in [3.63, 3.8) is 0 Å². The van der Waals surface area contributed by atoms with Gasteiger partial charge in [0.15, 0.2) is 17.5 Å². The van der Waals surface area contributed by atoms with Crippen LogP contribution in [0.25, 0.3) is 92.6 Å². The van der Waals surface area contributed by atoms with Crippen LogP contribution in [0.15, 0.2) is 158 Å². The average molecular weight is 631 g/mol. The highest BCUT2D eigenvalue weighted by Gasteiger charge is 2.21. The van der Waals surface area contributed by atoms with E-state index in [0.29, 0.717) is 17.5 Å². The average Bonchev–Trinajstić information content (AvgIpc) is 3.71. The maximum absolute atomic E-state index is 5.30. The predicted octanol–water partition coefficient (Wildman–Crippen LogP) is 11.5. The molecule has 3 heterocycles. The summed E-state index contributed by atoms with van der Waals surface area (Å²) in [5.41, 5.74) is 6.24. The molecule has 0 saturated heterocycles. The molecule has 48 heavy (non-hydrogen) atoms. The second-order valence-corrected chi connectivity index (χ2v) is 13.1. The van der Waals surface area contributed by atoms with Gasteiger partial charge in [0, 0.05) is 53.0 Å². The summed E-state index contributed by atoms with van der Waals surface area (Å²) in [6.07, 6.45) is 0. The van der Waals surface area contributed by atoms with E-state index in [1.165, 1.54) is 47.2 Å². The quantitative estimate of drug-likeness (QED) is 0.194. The maximum Gasteiger partial charge on any atom is 0.166 e. The fraction of sp³-hybridized carbons (Fsp3) is 0. The van der Waals surface area contributed by atoms with E-state index >= 15 is 0 Å². The Balaban J connectivity index is 1.29. The summed E-state index contributed by atoms with van der Waals surface area (Å²) >= 11 is 1.80. The third-order valence-electron chi connectivity index (χ3n) is 9.26. The van der Waals surface area contributed by atoms with Gasteiger partial charge in [-0.05, 0) is 35.7 Å². The first-order valence-corrected chi connectivity index (χ1v) is 16.9. The molecule has 7 aromatic carbocycles. The van der Waals surface area contributed by atoms with Crippen LogP contribution in [0.2, 0.25) is 0 Å². The number of nitrogens with zero attached hydrogens (tertiary/aromatic N) is 4. The van der Waals surface area contributed by atoms with Crippen molar-refractivity contribution >= 4 is 64.1 Å². The smallest absolute Gasteiger partial charge is 0.166 e. The molecule has 5 heteroatoms. The lowest BCUT2D eigenvalue weighted by atomic mass is 10.0. The zero-order valence-corrected chi connectivity index (χ0v) is 26.5. The van der Waals surface area contributed by atoms with E-state index in [-0.39, 0.29) is 0 Å². The molecule has 0 aliphatic carbocycles. The van der Waals surface area contributed by atoms with Crippen molar-refractivity contribution in [1.82, 2.24) is 19.5 Å². The van der Waals surface area contributed by atoms with Gasteiger partial charge in [-0.3, -0.25) is 0 Å². The van der Waals surface area contributed by atoms with Crippen LogP contribution in [-0.2, 0) is 0 Å². The molecule has 0 unspecified atom stereocenters. The molecule has 4 nitrogen and oxygen atoms in total. The highest BCUT2D eigenvalue weighted by molar-refractivity contribution is 7.25.